The second kappa shape index (κ2) is 6.22. The van der Waals surface area contributed by atoms with Gasteiger partial charge in [-0.05, 0) is 31.2 Å². The summed E-state index contributed by atoms with van der Waals surface area (Å²) >= 11 is 0. The summed E-state index contributed by atoms with van der Waals surface area (Å²) in [5, 5.41) is 12.4. The van der Waals surface area contributed by atoms with E-state index in [1.165, 1.54) is 6.20 Å². The summed E-state index contributed by atoms with van der Waals surface area (Å²) in [5.41, 5.74) is -0.0670. The second-order valence-corrected chi connectivity index (χ2v) is 5.99. The van der Waals surface area contributed by atoms with Crippen LogP contribution in [0.2, 0.25) is 0 Å². The van der Waals surface area contributed by atoms with E-state index in [9.17, 15) is 9.90 Å². The lowest BCUT2D eigenvalue weighted by atomic mass is 9.79. The number of hydrogen-bond acceptors (Lipinski definition) is 4. The molecular formula is C15H22N2O3. The lowest BCUT2D eigenvalue weighted by molar-refractivity contribution is -0.125. The van der Waals surface area contributed by atoms with Crippen LogP contribution >= 0.6 is 0 Å². The molecule has 1 amide bonds. The summed E-state index contributed by atoms with van der Waals surface area (Å²) < 4.78 is 5.35. The van der Waals surface area contributed by atoms with Gasteiger partial charge < -0.3 is 15.2 Å². The average Bonchev–Trinajstić information content (AvgIpc) is 2.42. The molecule has 0 saturated carbocycles. The Morgan fingerprint density at radius 3 is 2.85 bits per heavy atom. The van der Waals surface area contributed by atoms with Gasteiger partial charge in [0.15, 0.2) is 5.75 Å². The first kappa shape index (κ1) is 14.8. The molecule has 2 rings (SSSR count). The van der Waals surface area contributed by atoms with Crippen molar-refractivity contribution in [2.24, 2.45) is 11.3 Å². The van der Waals surface area contributed by atoms with Crippen LogP contribution < -0.4 is 5.32 Å². The summed E-state index contributed by atoms with van der Waals surface area (Å²) in [4.78, 5) is 16.2. The summed E-state index contributed by atoms with van der Waals surface area (Å²) in [6.07, 6.45) is 5.71. The van der Waals surface area contributed by atoms with Crippen LogP contribution in [-0.2, 0) is 9.53 Å². The lowest BCUT2D eigenvalue weighted by Gasteiger charge is -2.30. The van der Waals surface area contributed by atoms with Gasteiger partial charge in [-0.15, -0.1) is 0 Å². The Labute approximate surface area is 119 Å². The fraction of sp³-hybridized carbons (Fsp3) is 0.600. The molecule has 5 heteroatoms. The van der Waals surface area contributed by atoms with Crippen molar-refractivity contribution in [1.82, 2.24) is 4.98 Å². The van der Waals surface area contributed by atoms with Crippen molar-refractivity contribution < 1.29 is 14.6 Å². The number of nitrogens with zero attached hydrogens (tertiary/aromatic N) is 1. The van der Waals surface area contributed by atoms with E-state index in [2.05, 4.69) is 10.3 Å². The molecule has 1 aromatic rings. The Morgan fingerprint density at radius 1 is 1.50 bits per heavy atom. The van der Waals surface area contributed by atoms with Crippen molar-refractivity contribution in [3.63, 3.8) is 0 Å². The Balaban J connectivity index is 1.97. The van der Waals surface area contributed by atoms with Gasteiger partial charge in [0.1, 0.15) is 0 Å². The number of anilines is 1. The minimum atomic E-state index is -0.474. The van der Waals surface area contributed by atoms with Crippen LogP contribution in [0.25, 0.3) is 0 Å². The van der Waals surface area contributed by atoms with Crippen LogP contribution in [0.15, 0.2) is 18.5 Å². The van der Waals surface area contributed by atoms with Crippen LogP contribution in [0.4, 0.5) is 5.69 Å². The highest BCUT2D eigenvalue weighted by atomic mass is 16.5. The van der Waals surface area contributed by atoms with Gasteiger partial charge in [-0.25, -0.2) is 0 Å². The summed E-state index contributed by atoms with van der Waals surface area (Å²) in [6, 6.07) is 1.60. The maximum atomic E-state index is 12.4. The van der Waals surface area contributed by atoms with Gasteiger partial charge in [-0.2, -0.15) is 0 Å². The van der Waals surface area contributed by atoms with Gasteiger partial charge in [0.2, 0.25) is 5.91 Å². The molecule has 0 aromatic carbocycles. The molecule has 2 N–H and O–H groups in total. The number of amides is 1. The fourth-order valence-corrected chi connectivity index (χ4v) is 2.55. The Morgan fingerprint density at radius 2 is 2.20 bits per heavy atom. The quantitative estimate of drug-likeness (QED) is 0.888. The van der Waals surface area contributed by atoms with Gasteiger partial charge in [0, 0.05) is 24.8 Å². The zero-order valence-corrected chi connectivity index (χ0v) is 12.1. The predicted molar refractivity (Wildman–Crippen MR) is 76.5 cm³/mol. The van der Waals surface area contributed by atoms with Crippen LogP contribution in [-0.4, -0.2) is 29.2 Å². The average molecular weight is 278 g/mol. The molecule has 1 aliphatic rings. The standard InChI is InChI=1S/C15H22N2O3/c1-15(2,9-11-4-7-20-8-5-11)14(19)17-12-3-6-16-10-13(12)18/h3,6,10-11,18H,4-5,7-9H2,1-2H3,(H,16,17,19). The third kappa shape index (κ3) is 3.70. The van der Waals surface area contributed by atoms with Crippen LogP contribution in [0.3, 0.4) is 0 Å². The molecule has 0 bridgehead atoms. The van der Waals surface area contributed by atoms with Gasteiger partial charge in [0.25, 0.3) is 0 Å². The molecule has 0 atom stereocenters. The minimum absolute atomic E-state index is 0.0114. The normalized spacial score (nSPS) is 16.9. The van der Waals surface area contributed by atoms with Gasteiger partial charge >= 0.3 is 0 Å². The van der Waals surface area contributed by atoms with Gasteiger partial charge in [0.05, 0.1) is 11.9 Å². The zero-order chi connectivity index (χ0) is 14.6. The van der Waals surface area contributed by atoms with Crippen LogP contribution in [0.1, 0.15) is 33.1 Å². The van der Waals surface area contributed by atoms with E-state index in [4.69, 9.17) is 4.74 Å². The second-order valence-electron chi connectivity index (χ2n) is 5.99. The number of aromatic nitrogens is 1. The maximum Gasteiger partial charge on any atom is 0.230 e. The topological polar surface area (TPSA) is 71.5 Å². The first-order valence-corrected chi connectivity index (χ1v) is 7.01. The van der Waals surface area contributed by atoms with Crippen molar-refractivity contribution in [2.75, 3.05) is 18.5 Å². The van der Waals surface area contributed by atoms with E-state index in [0.29, 0.717) is 11.6 Å². The molecular weight excluding hydrogens is 256 g/mol. The predicted octanol–water partition coefficient (Wildman–Crippen LogP) is 2.57. The monoisotopic (exact) mass is 278 g/mol. The van der Waals surface area contributed by atoms with Gasteiger partial charge in [-0.1, -0.05) is 13.8 Å². The molecule has 0 spiro atoms. The molecule has 5 nitrogen and oxygen atoms in total. The molecule has 0 unspecified atom stereocenters. The highest BCUT2D eigenvalue weighted by Gasteiger charge is 2.32. The number of ether oxygens (including phenoxy) is 1. The molecule has 0 aliphatic carbocycles. The summed E-state index contributed by atoms with van der Waals surface area (Å²) in [5.74, 6) is 0.434. The Bertz CT molecular complexity index is 468. The third-order valence-electron chi connectivity index (χ3n) is 3.80. The Hall–Kier alpha value is -1.62. The van der Waals surface area contributed by atoms with Crippen molar-refractivity contribution in [3.8, 4) is 5.75 Å². The molecule has 1 saturated heterocycles. The highest BCUT2D eigenvalue weighted by molar-refractivity contribution is 5.95. The van der Waals surface area contributed by atoms with Crippen molar-refractivity contribution in [2.45, 2.75) is 33.1 Å². The van der Waals surface area contributed by atoms with E-state index in [0.717, 1.165) is 32.5 Å². The molecule has 1 aliphatic heterocycles. The van der Waals surface area contributed by atoms with Crippen molar-refractivity contribution in [3.05, 3.63) is 18.5 Å². The fourth-order valence-electron chi connectivity index (χ4n) is 2.55. The summed E-state index contributed by atoms with van der Waals surface area (Å²) in [7, 11) is 0. The number of carbonyl (C=O) groups is 1. The SMILES string of the molecule is CC(C)(CC1CCOCC1)C(=O)Nc1ccncc1O. The van der Waals surface area contributed by atoms with E-state index >= 15 is 0 Å². The first-order chi connectivity index (χ1) is 9.49. The van der Waals surface area contributed by atoms with E-state index < -0.39 is 5.41 Å². The molecule has 0 radical (unpaired) electrons. The van der Waals surface area contributed by atoms with E-state index in [1.807, 2.05) is 13.8 Å². The van der Waals surface area contributed by atoms with Crippen LogP contribution in [0.5, 0.6) is 5.75 Å². The molecule has 2 heterocycles. The molecule has 110 valence electrons. The number of aromatic hydroxyl groups is 1. The largest absolute Gasteiger partial charge is 0.504 e. The number of carbonyl (C=O) groups excluding carboxylic acids is 1. The zero-order valence-electron chi connectivity index (χ0n) is 12.1. The number of pyridine rings is 1. The first-order valence-electron chi connectivity index (χ1n) is 7.01. The van der Waals surface area contributed by atoms with E-state index in [1.54, 1.807) is 12.3 Å². The Kier molecular flexibility index (Phi) is 4.60. The lowest BCUT2D eigenvalue weighted by Crippen LogP contribution is -2.34. The smallest absolute Gasteiger partial charge is 0.230 e. The number of hydrogen-bond donors (Lipinski definition) is 2. The van der Waals surface area contributed by atoms with Crippen LogP contribution in [0, 0.1) is 11.3 Å². The van der Waals surface area contributed by atoms with Crippen molar-refractivity contribution >= 4 is 11.6 Å². The third-order valence-corrected chi connectivity index (χ3v) is 3.80. The molecule has 1 fully saturated rings. The molecule has 1 aromatic heterocycles. The minimum Gasteiger partial charge on any atom is -0.504 e. The summed E-state index contributed by atoms with van der Waals surface area (Å²) in [6.45, 7) is 5.45. The molecule has 20 heavy (non-hydrogen) atoms. The number of nitrogens with one attached hydrogen (secondary N) is 1. The van der Waals surface area contributed by atoms with Crippen molar-refractivity contribution in [1.29, 1.82) is 0 Å². The highest BCUT2D eigenvalue weighted by Crippen LogP contribution is 2.33. The van der Waals surface area contributed by atoms with Gasteiger partial charge in [-0.3, -0.25) is 9.78 Å². The van der Waals surface area contributed by atoms with E-state index in [-0.39, 0.29) is 11.7 Å². The number of rotatable bonds is 4. The maximum absolute atomic E-state index is 12.4.